The van der Waals surface area contributed by atoms with Gasteiger partial charge in [0.25, 0.3) is 5.91 Å². The summed E-state index contributed by atoms with van der Waals surface area (Å²) in [5.41, 5.74) is 4.90. The van der Waals surface area contributed by atoms with E-state index in [9.17, 15) is 22.4 Å². The third kappa shape index (κ3) is 4.24. The van der Waals surface area contributed by atoms with Gasteiger partial charge in [-0.15, -0.1) is 0 Å². The number of nitrogens with one attached hydrogen (secondary N) is 1. The first-order valence-corrected chi connectivity index (χ1v) is 10.4. The minimum Gasteiger partial charge on any atom is -0.379 e. The number of pyridine rings is 1. The second-order valence-corrected chi connectivity index (χ2v) is 8.36. The number of carbonyl (C=O) groups excluding carboxylic acids is 1. The quantitative estimate of drug-likeness (QED) is 0.691. The van der Waals surface area contributed by atoms with Gasteiger partial charge in [0.15, 0.2) is 11.3 Å². The normalized spacial score (nSPS) is 26.0. The van der Waals surface area contributed by atoms with E-state index in [2.05, 4.69) is 15.3 Å². The molecule has 1 aromatic carbocycles. The number of nitrogens with two attached hydrogens (primary N) is 1. The number of carbonyl (C=O) groups is 1. The molecule has 3 N–H and O–H groups in total. The number of fused-ring (bicyclic) bond motifs is 1. The van der Waals surface area contributed by atoms with E-state index >= 15 is 0 Å². The van der Waals surface area contributed by atoms with Crippen LogP contribution in [0.4, 0.5) is 23.2 Å². The van der Waals surface area contributed by atoms with Crippen LogP contribution in [0.2, 0.25) is 0 Å². The first-order chi connectivity index (χ1) is 14.7. The van der Waals surface area contributed by atoms with Crippen LogP contribution in [0.1, 0.15) is 22.5 Å². The smallest absolute Gasteiger partial charge is 0.379 e. The zero-order valence-corrected chi connectivity index (χ0v) is 16.8. The summed E-state index contributed by atoms with van der Waals surface area (Å²) in [5, 5.41) is 2.77. The van der Waals surface area contributed by atoms with E-state index < -0.39 is 42.1 Å². The van der Waals surface area contributed by atoms with Gasteiger partial charge in [0.2, 0.25) is 0 Å². The predicted molar refractivity (Wildman–Crippen MR) is 108 cm³/mol. The van der Waals surface area contributed by atoms with Crippen molar-refractivity contribution in [2.45, 2.75) is 24.2 Å². The van der Waals surface area contributed by atoms with E-state index in [0.717, 1.165) is 17.8 Å². The highest BCUT2D eigenvalue weighted by atomic mass is 32.2. The molecule has 2 aliphatic rings. The first kappa shape index (κ1) is 21.6. The number of alkyl halides is 3. The number of anilines is 1. The highest BCUT2D eigenvalue weighted by Crippen LogP contribution is 2.49. The largest absolute Gasteiger partial charge is 0.414 e. The maximum atomic E-state index is 14.9. The van der Waals surface area contributed by atoms with Gasteiger partial charge in [0, 0.05) is 29.1 Å². The van der Waals surface area contributed by atoms with E-state index in [1.165, 1.54) is 24.4 Å². The number of hydrogen-bond donors (Lipinski definition) is 2. The Balaban J connectivity index is 1.69. The average Bonchev–Trinajstić information content (AvgIpc) is 2.74. The second kappa shape index (κ2) is 8.12. The maximum absolute atomic E-state index is 14.9. The minimum absolute atomic E-state index is 0.0280. The van der Waals surface area contributed by atoms with Gasteiger partial charge in [-0.25, -0.2) is 9.38 Å². The van der Waals surface area contributed by atoms with Gasteiger partial charge in [-0.3, -0.25) is 9.78 Å². The number of aliphatic imine (C=N–C) groups is 1. The molecule has 1 amide bonds. The van der Waals surface area contributed by atoms with Gasteiger partial charge >= 0.3 is 6.18 Å². The van der Waals surface area contributed by atoms with Gasteiger partial charge < -0.3 is 15.8 Å². The molecule has 31 heavy (non-hydrogen) atoms. The molecule has 1 saturated heterocycles. The summed E-state index contributed by atoms with van der Waals surface area (Å²) >= 11 is 1.13. The van der Waals surface area contributed by atoms with Crippen molar-refractivity contribution < 1.29 is 27.1 Å². The molecule has 0 bridgehead atoms. The molecule has 0 aliphatic carbocycles. The number of hydrogen-bond acceptors (Lipinski definition) is 6. The number of ether oxygens (including phenoxy) is 1. The Bertz CT molecular complexity index is 1020. The molecular weight excluding hydrogens is 436 g/mol. The van der Waals surface area contributed by atoms with Gasteiger partial charge in [-0.1, -0.05) is 17.8 Å². The minimum atomic E-state index is -4.53. The highest BCUT2D eigenvalue weighted by molar-refractivity contribution is 8.13. The summed E-state index contributed by atoms with van der Waals surface area (Å²) < 4.78 is 59.7. The van der Waals surface area contributed by atoms with Crippen molar-refractivity contribution in [3.63, 3.8) is 0 Å². The van der Waals surface area contributed by atoms with Crippen molar-refractivity contribution in [2.24, 2.45) is 16.6 Å². The summed E-state index contributed by atoms with van der Waals surface area (Å²) in [6, 6.07) is 8.69. The Hall–Kier alpha value is -2.66. The van der Waals surface area contributed by atoms with Crippen molar-refractivity contribution in [1.29, 1.82) is 0 Å². The molecule has 3 heterocycles. The number of halogens is 4. The monoisotopic (exact) mass is 454 g/mol. The molecule has 6 nitrogen and oxygen atoms in total. The van der Waals surface area contributed by atoms with Gasteiger partial charge in [0.1, 0.15) is 17.1 Å². The van der Waals surface area contributed by atoms with Crippen molar-refractivity contribution in [3.8, 4) is 0 Å². The molecular formula is C20H18F4N4O2S. The second-order valence-electron chi connectivity index (χ2n) is 7.32. The van der Waals surface area contributed by atoms with Crippen LogP contribution in [0.5, 0.6) is 0 Å². The molecule has 0 saturated carbocycles. The number of rotatable bonds is 3. The predicted octanol–water partition coefficient (Wildman–Crippen LogP) is 3.70. The van der Waals surface area contributed by atoms with Crippen LogP contribution in [-0.2, 0) is 10.3 Å². The van der Waals surface area contributed by atoms with E-state index in [1.54, 1.807) is 12.1 Å². The van der Waals surface area contributed by atoms with E-state index in [4.69, 9.17) is 10.5 Å². The number of nitrogens with zero attached hydrogens (tertiary/aromatic N) is 2. The number of amidine groups is 1. The van der Waals surface area contributed by atoms with E-state index in [1.807, 2.05) is 0 Å². The number of benzene rings is 1. The SMILES string of the molecule is NC1=N[C@@]2(c3cc(NC(=O)c4ccccn4)ccc3F)CO[C@@H](C(F)(F)F)CC2CS1. The molecule has 2 aromatic rings. The molecule has 2 aliphatic heterocycles. The molecule has 11 heteroatoms. The zero-order chi connectivity index (χ0) is 22.2. The van der Waals surface area contributed by atoms with Crippen LogP contribution in [0, 0.1) is 11.7 Å². The Labute approximate surface area is 179 Å². The van der Waals surface area contributed by atoms with Crippen LogP contribution >= 0.6 is 11.8 Å². The summed E-state index contributed by atoms with van der Waals surface area (Å²) in [5.74, 6) is -1.58. The van der Waals surface area contributed by atoms with Crippen LogP contribution in [0.3, 0.4) is 0 Å². The number of amides is 1. The van der Waals surface area contributed by atoms with E-state index in [-0.39, 0.29) is 34.3 Å². The van der Waals surface area contributed by atoms with Crippen molar-refractivity contribution in [3.05, 3.63) is 59.7 Å². The zero-order valence-electron chi connectivity index (χ0n) is 16.0. The van der Waals surface area contributed by atoms with Crippen molar-refractivity contribution >= 4 is 28.5 Å². The third-order valence-electron chi connectivity index (χ3n) is 5.37. The highest BCUT2D eigenvalue weighted by Gasteiger charge is 2.55. The third-order valence-corrected chi connectivity index (χ3v) is 6.33. The summed E-state index contributed by atoms with van der Waals surface area (Å²) in [4.78, 5) is 20.7. The molecule has 164 valence electrons. The lowest BCUT2D eigenvalue weighted by atomic mass is 9.74. The Kier molecular flexibility index (Phi) is 5.65. The molecule has 1 fully saturated rings. The lowest BCUT2D eigenvalue weighted by molar-refractivity contribution is -0.245. The van der Waals surface area contributed by atoms with Crippen molar-refractivity contribution in [1.82, 2.24) is 4.98 Å². The maximum Gasteiger partial charge on any atom is 0.414 e. The van der Waals surface area contributed by atoms with Crippen LogP contribution in [0.25, 0.3) is 0 Å². The fraction of sp³-hybridized carbons (Fsp3) is 0.350. The molecule has 4 rings (SSSR count). The molecule has 0 spiro atoms. The Morgan fingerprint density at radius 1 is 1.29 bits per heavy atom. The van der Waals surface area contributed by atoms with E-state index in [0.29, 0.717) is 0 Å². The summed E-state index contributed by atoms with van der Waals surface area (Å²) in [6.45, 7) is -0.475. The molecule has 1 aromatic heterocycles. The topological polar surface area (TPSA) is 89.6 Å². The molecule has 1 unspecified atom stereocenters. The van der Waals surface area contributed by atoms with Crippen LogP contribution < -0.4 is 11.1 Å². The summed E-state index contributed by atoms with van der Waals surface area (Å²) in [6.07, 6.45) is -5.38. The fourth-order valence-electron chi connectivity index (χ4n) is 3.82. The Morgan fingerprint density at radius 2 is 2.10 bits per heavy atom. The number of aromatic nitrogens is 1. The standard InChI is InChI=1S/C20H18F4N4O2S/c21-14-5-4-12(27-17(29)15-3-1-2-6-26-15)8-13(14)19-10-30-16(20(22,23)24)7-11(19)9-31-18(25)28-19/h1-6,8,11,16H,7,9-10H2,(H2,25,28)(H,27,29)/t11?,16-,19+/m1/s1. The summed E-state index contributed by atoms with van der Waals surface area (Å²) in [7, 11) is 0. The first-order valence-electron chi connectivity index (χ1n) is 9.38. The van der Waals surface area contributed by atoms with Crippen LogP contribution in [-0.4, -0.2) is 40.7 Å². The van der Waals surface area contributed by atoms with Gasteiger partial charge in [-0.2, -0.15) is 13.2 Å². The van der Waals surface area contributed by atoms with Gasteiger partial charge in [-0.05, 0) is 36.8 Å². The lowest BCUT2D eigenvalue weighted by Crippen LogP contribution is -2.53. The van der Waals surface area contributed by atoms with Crippen LogP contribution in [0.15, 0.2) is 47.6 Å². The molecule has 0 radical (unpaired) electrons. The van der Waals surface area contributed by atoms with Crippen molar-refractivity contribution in [2.75, 3.05) is 17.7 Å². The molecule has 3 atom stereocenters. The fourth-order valence-corrected chi connectivity index (χ4v) is 4.84. The average molecular weight is 454 g/mol. The van der Waals surface area contributed by atoms with Gasteiger partial charge in [0.05, 0.1) is 6.61 Å². The lowest BCUT2D eigenvalue weighted by Gasteiger charge is -2.46. The number of thioether (sulfide) groups is 1. The Morgan fingerprint density at radius 3 is 2.81 bits per heavy atom.